The van der Waals surface area contributed by atoms with Crippen molar-refractivity contribution < 1.29 is 9.90 Å². The van der Waals surface area contributed by atoms with Crippen molar-refractivity contribution >= 4 is 21.8 Å². The van der Waals surface area contributed by atoms with E-state index in [2.05, 4.69) is 26.3 Å². The molecule has 1 aromatic heterocycles. The van der Waals surface area contributed by atoms with Gasteiger partial charge >= 0.3 is 0 Å². The molecule has 2 aliphatic carbocycles. The van der Waals surface area contributed by atoms with Crippen molar-refractivity contribution in [3.05, 3.63) is 16.9 Å². The van der Waals surface area contributed by atoms with Gasteiger partial charge in [-0.25, -0.2) is 0 Å². The molecule has 5 nitrogen and oxygen atoms in total. The third kappa shape index (κ3) is 2.43. The fraction of sp³-hybridized carbons (Fsp3) is 0.692. The average molecular weight is 328 g/mol. The molecular formula is C13H18BrN3O2. The van der Waals surface area contributed by atoms with Crippen molar-refractivity contribution in [1.82, 2.24) is 15.1 Å². The third-order valence-corrected chi connectivity index (χ3v) is 4.69. The average Bonchev–Trinajstić information content (AvgIpc) is 2.93. The molecule has 0 aromatic carbocycles. The molecular weight excluding hydrogens is 310 g/mol. The number of rotatable bonds is 4. The summed E-state index contributed by atoms with van der Waals surface area (Å²) in [6, 6.07) is 0. The second-order valence-electron chi connectivity index (χ2n) is 5.60. The van der Waals surface area contributed by atoms with Gasteiger partial charge in [-0.1, -0.05) is 6.42 Å². The highest BCUT2D eigenvalue weighted by Crippen LogP contribution is 2.43. The molecule has 0 radical (unpaired) electrons. The van der Waals surface area contributed by atoms with Crippen molar-refractivity contribution in [3.63, 3.8) is 0 Å². The Morgan fingerprint density at radius 3 is 2.89 bits per heavy atom. The number of halogens is 1. The van der Waals surface area contributed by atoms with Crippen LogP contribution in [0.3, 0.4) is 0 Å². The van der Waals surface area contributed by atoms with Gasteiger partial charge in [0.1, 0.15) is 5.54 Å². The van der Waals surface area contributed by atoms with E-state index >= 15 is 0 Å². The molecule has 2 atom stereocenters. The first-order chi connectivity index (χ1) is 9.12. The third-order valence-electron chi connectivity index (χ3n) is 4.28. The first kappa shape index (κ1) is 13.1. The van der Waals surface area contributed by atoms with Gasteiger partial charge in [-0.3, -0.25) is 9.48 Å². The molecule has 19 heavy (non-hydrogen) atoms. The smallest absolute Gasteiger partial charge is 0.248 e. The lowest BCUT2D eigenvalue weighted by Gasteiger charge is -2.19. The maximum atomic E-state index is 12.3. The highest BCUT2D eigenvalue weighted by Gasteiger charge is 2.52. The number of aromatic nitrogens is 2. The van der Waals surface area contributed by atoms with Gasteiger partial charge in [0.15, 0.2) is 0 Å². The van der Waals surface area contributed by atoms with Gasteiger partial charge in [-0.05, 0) is 41.6 Å². The number of hydrogen-bond acceptors (Lipinski definition) is 3. The summed E-state index contributed by atoms with van der Waals surface area (Å²) in [5, 5.41) is 17.0. The monoisotopic (exact) mass is 327 g/mol. The maximum absolute atomic E-state index is 12.3. The van der Waals surface area contributed by atoms with Crippen LogP contribution in [0, 0.1) is 5.92 Å². The van der Waals surface area contributed by atoms with E-state index in [1.165, 1.54) is 0 Å². The standard InChI is InChI=1S/C13H18BrN3O2/c14-10-7-16-17(8-10)13(4-5-13)12(19)15-6-9-2-1-3-11(9)18/h7-9,11,18H,1-6H2,(H,15,19)/t9-,11+/m0/s1. The van der Waals surface area contributed by atoms with E-state index in [-0.39, 0.29) is 17.9 Å². The molecule has 2 N–H and O–H groups in total. The predicted octanol–water partition coefficient (Wildman–Crippen LogP) is 1.41. The Bertz CT molecular complexity index is 484. The molecule has 0 saturated heterocycles. The van der Waals surface area contributed by atoms with Crippen LogP contribution in [-0.2, 0) is 10.3 Å². The zero-order chi connectivity index (χ0) is 13.5. The number of aliphatic hydroxyl groups excluding tert-OH is 1. The van der Waals surface area contributed by atoms with Crippen molar-refractivity contribution in [1.29, 1.82) is 0 Å². The largest absolute Gasteiger partial charge is 0.393 e. The number of aliphatic hydroxyl groups is 1. The lowest BCUT2D eigenvalue weighted by molar-refractivity contribution is -0.126. The molecule has 2 saturated carbocycles. The normalized spacial score (nSPS) is 28.3. The number of nitrogens with one attached hydrogen (secondary N) is 1. The van der Waals surface area contributed by atoms with Gasteiger partial charge < -0.3 is 10.4 Å². The summed E-state index contributed by atoms with van der Waals surface area (Å²) in [5.41, 5.74) is -0.490. The summed E-state index contributed by atoms with van der Waals surface area (Å²) >= 11 is 3.35. The number of carbonyl (C=O) groups excluding carboxylic acids is 1. The van der Waals surface area contributed by atoms with Gasteiger partial charge in [0.25, 0.3) is 0 Å². The number of nitrogens with zero attached hydrogens (tertiary/aromatic N) is 2. The van der Waals surface area contributed by atoms with Crippen LogP contribution in [0.4, 0.5) is 0 Å². The second kappa shape index (κ2) is 4.90. The SMILES string of the molecule is O=C(NC[C@@H]1CCC[C@H]1O)C1(n2cc(Br)cn2)CC1. The quantitative estimate of drug-likeness (QED) is 0.878. The zero-order valence-corrected chi connectivity index (χ0v) is 12.3. The van der Waals surface area contributed by atoms with Crippen molar-refractivity contribution in [3.8, 4) is 0 Å². The van der Waals surface area contributed by atoms with Gasteiger partial charge in [0, 0.05) is 18.7 Å². The van der Waals surface area contributed by atoms with Crippen LogP contribution in [-0.4, -0.2) is 33.4 Å². The molecule has 2 aliphatic rings. The second-order valence-corrected chi connectivity index (χ2v) is 6.52. The molecule has 104 valence electrons. The zero-order valence-electron chi connectivity index (χ0n) is 10.7. The van der Waals surface area contributed by atoms with Gasteiger partial charge in [0.2, 0.25) is 5.91 Å². The molecule has 0 unspecified atom stereocenters. The summed E-state index contributed by atoms with van der Waals surface area (Å²) in [6.07, 6.45) is 7.87. The molecule has 0 bridgehead atoms. The minimum Gasteiger partial charge on any atom is -0.393 e. The Labute approximate surface area is 120 Å². The molecule has 1 aromatic rings. The minimum absolute atomic E-state index is 0.0298. The van der Waals surface area contributed by atoms with Crippen molar-refractivity contribution in [2.75, 3.05) is 6.54 Å². The van der Waals surface area contributed by atoms with E-state index in [1.807, 2.05) is 6.20 Å². The lowest BCUT2D eigenvalue weighted by Crippen LogP contribution is -2.42. The van der Waals surface area contributed by atoms with Crippen LogP contribution in [0.15, 0.2) is 16.9 Å². The maximum Gasteiger partial charge on any atom is 0.248 e. The molecule has 3 rings (SSSR count). The van der Waals surface area contributed by atoms with Crippen LogP contribution in [0.5, 0.6) is 0 Å². The van der Waals surface area contributed by atoms with Crippen LogP contribution in [0.1, 0.15) is 32.1 Å². The predicted molar refractivity (Wildman–Crippen MR) is 73.5 cm³/mol. The van der Waals surface area contributed by atoms with Crippen LogP contribution in [0.2, 0.25) is 0 Å². The Morgan fingerprint density at radius 1 is 1.58 bits per heavy atom. The molecule has 1 heterocycles. The van der Waals surface area contributed by atoms with Crippen molar-refractivity contribution in [2.45, 2.75) is 43.7 Å². The minimum atomic E-state index is -0.490. The Hall–Kier alpha value is -0.880. The van der Waals surface area contributed by atoms with Crippen molar-refractivity contribution in [2.24, 2.45) is 5.92 Å². The van der Waals surface area contributed by atoms with E-state index in [0.29, 0.717) is 6.54 Å². The summed E-state index contributed by atoms with van der Waals surface area (Å²) in [4.78, 5) is 12.3. The summed E-state index contributed by atoms with van der Waals surface area (Å²) in [6.45, 7) is 0.574. The van der Waals surface area contributed by atoms with Gasteiger partial charge in [-0.2, -0.15) is 5.10 Å². The number of hydrogen-bond donors (Lipinski definition) is 2. The Kier molecular flexibility index (Phi) is 3.39. The first-order valence-corrected chi connectivity index (χ1v) is 7.58. The topological polar surface area (TPSA) is 67.2 Å². The fourth-order valence-corrected chi connectivity index (χ4v) is 3.14. The van der Waals surface area contributed by atoms with Crippen LogP contribution >= 0.6 is 15.9 Å². The molecule has 2 fully saturated rings. The molecule has 6 heteroatoms. The first-order valence-electron chi connectivity index (χ1n) is 6.79. The summed E-state index contributed by atoms with van der Waals surface area (Å²) in [5.74, 6) is 0.242. The Balaban J connectivity index is 1.61. The summed E-state index contributed by atoms with van der Waals surface area (Å²) < 4.78 is 2.63. The van der Waals surface area contributed by atoms with Crippen LogP contribution in [0.25, 0.3) is 0 Å². The van der Waals surface area contributed by atoms with E-state index in [4.69, 9.17) is 0 Å². The van der Waals surface area contributed by atoms with Gasteiger partial charge in [-0.15, -0.1) is 0 Å². The van der Waals surface area contributed by atoms with E-state index in [1.54, 1.807) is 10.9 Å². The van der Waals surface area contributed by atoms with Crippen LogP contribution < -0.4 is 5.32 Å². The van der Waals surface area contributed by atoms with E-state index < -0.39 is 5.54 Å². The number of amides is 1. The van der Waals surface area contributed by atoms with E-state index in [9.17, 15) is 9.90 Å². The molecule has 1 amide bonds. The number of carbonyl (C=O) groups is 1. The van der Waals surface area contributed by atoms with Gasteiger partial charge in [0.05, 0.1) is 16.8 Å². The lowest BCUT2D eigenvalue weighted by atomic mass is 10.1. The fourth-order valence-electron chi connectivity index (χ4n) is 2.86. The highest BCUT2D eigenvalue weighted by atomic mass is 79.9. The molecule has 0 spiro atoms. The molecule has 0 aliphatic heterocycles. The summed E-state index contributed by atoms with van der Waals surface area (Å²) in [7, 11) is 0. The highest BCUT2D eigenvalue weighted by molar-refractivity contribution is 9.10. The Morgan fingerprint density at radius 2 is 2.37 bits per heavy atom. The van der Waals surface area contributed by atoms with E-state index in [0.717, 1.165) is 36.6 Å².